The molecule has 2 N–H and O–H groups in total. The molecule has 0 unspecified atom stereocenters. The van der Waals surface area contributed by atoms with Crippen molar-refractivity contribution in [2.75, 3.05) is 26.4 Å². The third kappa shape index (κ3) is 6.68. The normalized spacial score (nSPS) is 11.4. The molecule has 136 valence electrons. The van der Waals surface area contributed by atoms with Crippen molar-refractivity contribution in [3.63, 3.8) is 0 Å². The smallest absolute Gasteiger partial charge is 0.303 e. The number of hydrogen-bond acceptors (Lipinski definition) is 4. The monoisotopic (exact) mass is 352 g/mol. The average molecular weight is 352 g/mol. The Morgan fingerprint density at radius 3 is 1.80 bits per heavy atom. The standard InChI is InChI=1S/C19H22F2O4/c20-19(21,13-23)14-25-18-8-4-16(5-9-18)12-15-2-6-17(7-3-15)24-11-1-10-22/h2-9,22-23H,1,10-14H2. The van der Waals surface area contributed by atoms with Gasteiger partial charge < -0.3 is 19.7 Å². The lowest BCUT2D eigenvalue weighted by atomic mass is 10.0. The van der Waals surface area contributed by atoms with Crippen LogP contribution >= 0.6 is 0 Å². The van der Waals surface area contributed by atoms with Gasteiger partial charge in [-0.05, 0) is 41.8 Å². The maximum atomic E-state index is 12.9. The van der Waals surface area contributed by atoms with E-state index in [1.54, 1.807) is 12.1 Å². The summed E-state index contributed by atoms with van der Waals surface area (Å²) in [6.45, 7) is -1.49. The zero-order valence-electron chi connectivity index (χ0n) is 13.8. The van der Waals surface area contributed by atoms with Gasteiger partial charge in [-0.15, -0.1) is 0 Å². The van der Waals surface area contributed by atoms with E-state index in [1.807, 2.05) is 36.4 Å². The van der Waals surface area contributed by atoms with E-state index in [1.165, 1.54) is 0 Å². The molecule has 0 radical (unpaired) electrons. The minimum absolute atomic E-state index is 0.107. The molecule has 2 rings (SSSR count). The summed E-state index contributed by atoms with van der Waals surface area (Å²) < 4.78 is 36.3. The van der Waals surface area contributed by atoms with Crippen molar-refractivity contribution in [2.24, 2.45) is 0 Å². The van der Waals surface area contributed by atoms with Crippen molar-refractivity contribution >= 4 is 0 Å². The molecule has 0 bridgehead atoms. The molecule has 0 aromatic heterocycles. The highest BCUT2D eigenvalue weighted by atomic mass is 19.3. The van der Waals surface area contributed by atoms with E-state index in [0.717, 1.165) is 16.9 Å². The first-order valence-corrected chi connectivity index (χ1v) is 8.05. The highest BCUT2D eigenvalue weighted by Crippen LogP contribution is 2.20. The average Bonchev–Trinajstić information content (AvgIpc) is 2.63. The van der Waals surface area contributed by atoms with E-state index < -0.39 is 19.1 Å². The SMILES string of the molecule is OCCCOc1ccc(Cc2ccc(OCC(F)(F)CO)cc2)cc1. The van der Waals surface area contributed by atoms with Gasteiger partial charge in [0, 0.05) is 13.0 Å². The molecule has 4 nitrogen and oxygen atoms in total. The minimum atomic E-state index is -3.24. The van der Waals surface area contributed by atoms with E-state index >= 15 is 0 Å². The lowest BCUT2D eigenvalue weighted by Crippen LogP contribution is -2.29. The van der Waals surface area contributed by atoms with Crippen LogP contribution in [0, 0.1) is 0 Å². The second kappa shape index (κ2) is 9.34. The first-order valence-electron chi connectivity index (χ1n) is 8.05. The molecule has 0 saturated carbocycles. The van der Waals surface area contributed by atoms with Crippen LogP contribution in [0.1, 0.15) is 17.5 Å². The predicted octanol–water partition coefficient (Wildman–Crippen LogP) is 3.05. The molecule has 0 aliphatic rings. The van der Waals surface area contributed by atoms with Crippen molar-refractivity contribution < 1.29 is 28.5 Å². The molecule has 0 atom stereocenters. The van der Waals surface area contributed by atoms with Gasteiger partial charge in [-0.3, -0.25) is 0 Å². The zero-order valence-corrected chi connectivity index (χ0v) is 13.8. The Kier molecular flexibility index (Phi) is 7.16. The van der Waals surface area contributed by atoms with Crippen LogP contribution in [0.4, 0.5) is 8.78 Å². The molecule has 6 heteroatoms. The lowest BCUT2D eigenvalue weighted by Gasteiger charge is -2.14. The summed E-state index contributed by atoms with van der Waals surface area (Å²) in [4.78, 5) is 0. The van der Waals surface area contributed by atoms with Crippen LogP contribution in [0.2, 0.25) is 0 Å². The van der Waals surface area contributed by atoms with Crippen LogP contribution in [0.3, 0.4) is 0 Å². The Bertz CT molecular complexity index is 627. The molecule has 0 saturated heterocycles. The molecular weight excluding hydrogens is 330 g/mol. The van der Waals surface area contributed by atoms with Gasteiger partial charge in [0.2, 0.25) is 0 Å². The van der Waals surface area contributed by atoms with Crippen LogP contribution in [-0.2, 0) is 6.42 Å². The van der Waals surface area contributed by atoms with Crippen molar-refractivity contribution in [3.8, 4) is 11.5 Å². The molecule has 0 spiro atoms. The third-order valence-electron chi connectivity index (χ3n) is 3.51. The van der Waals surface area contributed by atoms with Gasteiger partial charge in [0.15, 0.2) is 6.61 Å². The Balaban J connectivity index is 1.86. The number of halogens is 2. The molecule has 25 heavy (non-hydrogen) atoms. The number of benzene rings is 2. The number of hydrogen-bond donors (Lipinski definition) is 2. The molecule has 0 heterocycles. The first kappa shape index (κ1) is 19.1. The van der Waals surface area contributed by atoms with Crippen molar-refractivity contribution in [3.05, 3.63) is 59.7 Å². The second-order valence-corrected chi connectivity index (χ2v) is 5.69. The number of aliphatic hydroxyl groups excluding tert-OH is 2. The van der Waals surface area contributed by atoms with Gasteiger partial charge in [-0.25, -0.2) is 8.78 Å². The highest BCUT2D eigenvalue weighted by Gasteiger charge is 2.28. The predicted molar refractivity (Wildman–Crippen MR) is 90.4 cm³/mol. The van der Waals surface area contributed by atoms with Gasteiger partial charge in [-0.1, -0.05) is 24.3 Å². The molecular formula is C19H22F2O4. The quantitative estimate of drug-likeness (QED) is 0.646. The van der Waals surface area contributed by atoms with Gasteiger partial charge >= 0.3 is 5.92 Å². The Hall–Kier alpha value is -2.18. The molecule has 0 amide bonds. The maximum absolute atomic E-state index is 12.9. The summed E-state index contributed by atoms with van der Waals surface area (Å²) in [5.74, 6) is -2.14. The lowest BCUT2D eigenvalue weighted by molar-refractivity contribution is -0.0801. The van der Waals surface area contributed by atoms with Gasteiger partial charge in [0.1, 0.15) is 18.1 Å². The fourth-order valence-corrected chi connectivity index (χ4v) is 2.13. The third-order valence-corrected chi connectivity index (χ3v) is 3.51. The molecule has 0 aliphatic carbocycles. The van der Waals surface area contributed by atoms with Crippen LogP contribution < -0.4 is 9.47 Å². The number of aliphatic hydroxyl groups is 2. The maximum Gasteiger partial charge on any atom is 0.303 e. The van der Waals surface area contributed by atoms with Crippen LogP contribution in [0.5, 0.6) is 11.5 Å². The summed E-state index contributed by atoms with van der Waals surface area (Å²) in [5.41, 5.74) is 2.12. The number of alkyl halides is 2. The van der Waals surface area contributed by atoms with Crippen LogP contribution in [-0.4, -0.2) is 42.6 Å². The summed E-state index contributed by atoms with van der Waals surface area (Å²) in [5, 5.41) is 17.2. The Morgan fingerprint density at radius 2 is 1.32 bits per heavy atom. The first-order chi connectivity index (χ1) is 12.0. The van der Waals surface area contributed by atoms with Crippen molar-refractivity contribution in [2.45, 2.75) is 18.8 Å². The molecule has 0 fully saturated rings. The van der Waals surface area contributed by atoms with Gasteiger partial charge in [0.05, 0.1) is 6.61 Å². The summed E-state index contributed by atoms with van der Waals surface area (Å²) in [7, 11) is 0. The number of rotatable bonds is 10. The van der Waals surface area contributed by atoms with Crippen LogP contribution in [0.15, 0.2) is 48.5 Å². The summed E-state index contributed by atoms with van der Waals surface area (Å²) in [6, 6.07) is 14.6. The zero-order chi connectivity index (χ0) is 18.1. The van der Waals surface area contributed by atoms with E-state index in [-0.39, 0.29) is 6.61 Å². The Morgan fingerprint density at radius 1 is 0.800 bits per heavy atom. The molecule has 2 aromatic carbocycles. The van der Waals surface area contributed by atoms with E-state index in [4.69, 9.17) is 19.7 Å². The van der Waals surface area contributed by atoms with Crippen molar-refractivity contribution in [1.82, 2.24) is 0 Å². The fraction of sp³-hybridized carbons (Fsp3) is 0.368. The topological polar surface area (TPSA) is 58.9 Å². The van der Waals surface area contributed by atoms with Gasteiger partial charge in [-0.2, -0.15) is 0 Å². The molecule has 0 aliphatic heterocycles. The second-order valence-electron chi connectivity index (χ2n) is 5.69. The van der Waals surface area contributed by atoms with E-state index in [0.29, 0.717) is 25.2 Å². The van der Waals surface area contributed by atoms with Crippen molar-refractivity contribution in [1.29, 1.82) is 0 Å². The largest absolute Gasteiger partial charge is 0.494 e. The van der Waals surface area contributed by atoms with Crippen LogP contribution in [0.25, 0.3) is 0 Å². The number of ether oxygens (including phenoxy) is 2. The highest BCUT2D eigenvalue weighted by molar-refractivity contribution is 5.34. The Labute approximate surface area is 145 Å². The van der Waals surface area contributed by atoms with Gasteiger partial charge in [0.25, 0.3) is 0 Å². The molecule has 2 aromatic rings. The summed E-state index contributed by atoms with van der Waals surface area (Å²) >= 11 is 0. The minimum Gasteiger partial charge on any atom is -0.494 e. The van der Waals surface area contributed by atoms with E-state index in [2.05, 4.69) is 0 Å². The summed E-state index contributed by atoms with van der Waals surface area (Å²) in [6.07, 6.45) is 1.30. The fourth-order valence-electron chi connectivity index (χ4n) is 2.13. The van der Waals surface area contributed by atoms with E-state index in [9.17, 15) is 8.78 Å².